The first-order valence-corrected chi connectivity index (χ1v) is 6.74. The zero-order valence-corrected chi connectivity index (χ0v) is 11.6. The number of hydrogen-bond donors (Lipinski definition) is 2. The van der Waals surface area contributed by atoms with Gasteiger partial charge in [0, 0.05) is 28.8 Å². The van der Waals surface area contributed by atoms with Gasteiger partial charge in [0.05, 0.1) is 0 Å². The molecule has 0 unspecified atom stereocenters. The molecule has 0 aliphatic rings. The van der Waals surface area contributed by atoms with E-state index in [2.05, 4.69) is 5.32 Å². The van der Waals surface area contributed by atoms with Crippen LogP contribution in [0.15, 0.2) is 18.2 Å². The number of unbranched alkanes of at least 4 members (excludes halogenated alkanes) is 3. The largest absolute Gasteiger partial charge is 0.396 e. The lowest BCUT2D eigenvalue weighted by Gasteiger charge is -2.06. The zero-order chi connectivity index (χ0) is 13.4. The van der Waals surface area contributed by atoms with Crippen molar-refractivity contribution in [3.05, 3.63) is 33.8 Å². The monoisotopic (exact) mass is 289 g/mol. The number of aliphatic hydroxyl groups excluding tert-OH is 1. The van der Waals surface area contributed by atoms with E-state index in [0.29, 0.717) is 22.2 Å². The van der Waals surface area contributed by atoms with Crippen LogP contribution in [0.5, 0.6) is 0 Å². The Labute approximate surface area is 117 Å². The Morgan fingerprint density at radius 2 is 1.67 bits per heavy atom. The molecule has 0 spiro atoms. The second-order valence-electron chi connectivity index (χ2n) is 4.05. The van der Waals surface area contributed by atoms with Crippen LogP contribution in [0.1, 0.15) is 36.0 Å². The maximum Gasteiger partial charge on any atom is 0.251 e. The average Bonchev–Trinajstić information content (AvgIpc) is 2.32. The molecule has 0 aliphatic carbocycles. The third-order valence-electron chi connectivity index (χ3n) is 2.50. The second kappa shape index (κ2) is 8.35. The standard InChI is InChI=1S/C13H17Cl2NO2/c14-11-7-10(8-12(15)9-11)13(18)16-5-3-1-2-4-6-17/h7-9,17H,1-6H2,(H,16,18). The molecule has 5 heteroatoms. The topological polar surface area (TPSA) is 49.3 Å². The first kappa shape index (κ1) is 15.3. The quantitative estimate of drug-likeness (QED) is 0.757. The Balaban J connectivity index is 2.32. The van der Waals surface area contributed by atoms with E-state index in [4.69, 9.17) is 28.3 Å². The molecule has 0 radical (unpaired) electrons. The van der Waals surface area contributed by atoms with Crippen LogP contribution in [0.25, 0.3) is 0 Å². The molecule has 0 aliphatic heterocycles. The van der Waals surface area contributed by atoms with Crippen molar-refractivity contribution in [3.8, 4) is 0 Å². The normalized spacial score (nSPS) is 10.4. The molecule has 3 nitrogen and oxygen atoms in total. The van der Waals surface area contributed by atoms with Crippen molar-refractivity contribution >= 4 is 29.1 Å². The minimum absolute atomic E-state index is 0.165. The highest BCUT2D eigenvalue weighted by atomic mass is 35.5. The lowest BCUT2D eigenvalue weighted by molar-refractivity contribution is 0.0953. The third-order valence-corrected chi connectivity index (χ3v) is 2.93. The fourth-order valence-electron chi connectivity index (χ4n) is 1.58. The van der Waals surface area contributed by atoms with E-state index in [0.717, 1.165) is 25.7 Å². The van der Waals surface area contributed by atoms with Crippen molar-refractivity contribution in [1.29, 1.82) is 0 Å². The molecular weight excluding hydrogens is 273 g/mol. The molecule has 1 rings (SSSR count). The Morgan fingerprint density at radius 3 is 2.28 bits per heavy atom. The summed E-state index contributed by atoms with van der Waals surface area (Å²) in [6, 6.07) is 4.78. The SMILES string of the molecule is O=C(NCCCCCCO)c1cc(Cl)cc(Cl)c1. The predicted molar refractivity (Wildman–Crippen MR) is 74.3 cm³/mol. The lowest BCUT2D eigenvalue weighted by Crippen LogP contribution is -2.24. The van der Waals surface area contributed by atoms with Crippen molar-refractivity contribution in [2.45, 2.75) is 25.7 Å². The fraction of sp³-hybridized carbons (Fsp3) is 0.462. The van der Waals surface area contributed by atoms with Gasteiger partial charge in [-0.15, -0.1) is 0 Å². The Kier molecular flexibility index (Phi) is 7.09. The molecule has 0 heterocycles. The number of aliphatic hydroxyl groups is 1. The molecule has 0 bridgehead atoms. The molecule has 2 N–H and O–H groups in total. The summed E-state index contributed by atoms with van der Waals surface area (Å²) in [6.07, 6.45) is 3.70. The minimum atomic E-state index is -0.165. The minimum Gasteiger partial charge on any atom is -0.396 e. The highest BCUT2D eigenvalue weighted by Gasteiger charge is 2.06. The number of carbonyl (C=O) groups is 1. The molecule has 100 valence electrons. The van der Waals surface area contributed by atoms with Crippen LogP contribution in [-0.2, 0) is 0 Å². The Bertz CT molecular complexity index is 376. The van der Waals surface area contributed by atoms with Gasteiger partial charge in [0.1, 0.15) is 0 Å². The first-order chi connectivity index (χ1) is 8.63. The summed E-state index contributed by atoms with van der Waals surface area (Å²) in [7, 11) is 0. The number of hydrogen-bond acceptors (Lipinski definition) is 2. The van der Waals surface area contributed by atoms with Crippen LogP contribution < -0.4 is 5.32 Å². The molecule has 1 aromatic carbocycles. The van der Waals surface area contributed by atoms with Crippen molar-refractivity contribution in [2.75, 3.05) is 13.2 Å². The second-order valence-corrected chi connectivity index (χ2v) is 4.92. The molecular formula is C13H17Cl2NO2. The van der Waals surface area contributed by atoms with Gasteiger partial charge in [0.15, 0.2) is 0 Å². The molecule has 18 heavy (non-hydrogen) atoms. The number of rotatable bonds is 7. The number of nitrogens with one attached hydrogen (secondary N) is 1. The first-order valence-electron chi connectivity index (χ1n) is 5.98. The van der Waals surface area contributed by atoms with E-state index < -0.39 is 0 Å². The highest BCUT2D eigenvalue weighted by molar-refractivity contribution is 6.35. The summed E-state index contributed by atoms with van der Waals surface area (Å²) in [6.45, 7) is 0.849. The summed E-state index contributed by atoms with van der Waals surface area (Å²) >= 11 is 11.6. The number of amides is 1. The number of carbonyl (C=O) groups excluding carboxylic acids is 1. The van der Waals surface area contributed by atoms with E-state index in [9.17, 15) is 4.79 Å². The molecule has 0 saturated carbocycles. The van der Waals surface area contributed by atoms with Crippen LogP contribution in [0, 0.1) is 0 Å². The van der Waals surface area contributed by atoms with Gasteiger partial charge in [-0.3, -0.25) is 4.79 Å². The van der Waals surface area contributed by atoms with Gasteiger partial charge >= 0.3 is 0 Å². The van der Waals surface area contributed by atoms with Crippen LogP contribution >= 0.6 is 23.2 Å². The average molecular weight is 290 g/mol. The Hall–Kier alpha value is -0.770. The van der Waals surface area contributed by atoms with Gasteiger partial charge < -0.3 is 10.4 Å². The highest BCUT2D eigenvalue weighted by Crippen LogP contribution is 2.18. The van der Waals surface area contributed by atoms with E-state index in [1.54, 1.807) is 18.2 Å². The van der Waals surface area contributed by atoms with E-state index >= 15 is 0 Å². The van der Waals surface area contributed by atoms with E-state index in [-0.39, 0.29) is 12.5 Å². The molecule has 0 atom stereocenters. The van der Waals surface area contributed by atoms with Gasteiger partial charge in [0.2, 0.25) is 0 Å². The smallest absolute Gasteiger partial charge is 0.251 e. The van der Waals surface area contributed by atoms with Crippen LogP contribution in [0.3, 0.4) is 0 Å². The van der Waals surface area contributed by atoms with Gasteiger partial charge in [-0.05, 0) is 31.0 Å². The van der Waals surface area contributed by atoms with Gasteiger partial charge in [-0.1, -0.05) is 36.0 Å². The van der Waals surface area contributed by atoms with Crippen LogP contribution in [-0.4, -0.2) is 24.2 Å². The van der Waals surface area contributed by atoms with Crippen molar-refractivity contribution in [1.82, 2.24) is 5.32 Å². The van der Waals surface area contributed by atoms with Crippen molar-refractivity contribution < 1.29 is 9.90 Å². The molecule has 1 aromatic rings. The predicted octanol–water partition coefficient (Wildman–Crippen LogP) is 3.28. The number of benzene rings is 1. The zero-order valence-electron chi connectivity index (χ0n) is 10.1. The van der Waals surface area contributed by atoms with Crippen molar-refractivity contribution in [3.63, 3.8) is 0 Å². The maximum atomic E-state index is 11.8. The molecule has 0 fully saturated rings. The number of halogens is 2. The summed E-state index contributed by atoms with van der Waals surface area (Å²) in [5.41, 5.74) is 0.475. The molecule has 1 amide bonds. The molecule has 0 saturated heterocycles. The summed E-state index contributed by atoms with van der Waals surface area (Å²) in [4.78, 5) is 11.8. The van der Waals surface area contributed by atoms with Crippen LogP contribution in [0.4, 0.5) is 0 Å². The van der Waals surface area contributed by atoms with E-state index in [1.165, 1.54) is 0 Å². The summed E-state index contributed by atoms with van der Waals surface area (Å²) in [5.74, 6) is -0.165. The third kappa shape index (κ3) is 5.71. The van der Waals surface area contributed by atoms with Crippen molar-refractivity contribution in [2.24, 2.45) is 0 Å². The summed E-state index contributed by atoms with van der Waals surface area (Å²) < 4.78 is 0. The summed E-state index contributed by atoms with van der Waals surface area (Å²) in [5, 5.41) is 12.3. The maximum absolute atomic E-state index is 11.8. The Morgan fingerprint density at radius 1 is 1.06 bits per heavy atom. The van der Waals surface area contributed by atoms with Gasteiger partial charge in [-0.2, -0.15) is 0 Å². The van der Waals surface area contributed by atoms with Gasteiger partial charge in [0.25, 0.3) is 5.91 Å². The van der Waals surface area contributed by atoms with Crippen LogP contribution in [0.2, 0.25) is 10.0 Å². The van der Waals surface area contributed by atoms with Gasteiger partial charge in [-0.25, -0.2) is 0 Å². The van der Waals surface area contributed by atoms with E-state index in [1.807, 2.05) is 0 Å². The fourth-order valence-corrected chi connectivity index (χ4v) is 2.11. The lowest BCUT2D eigenvalue weighted by atomic mass is 10.2. The molecule has 0 aromatic heterocycles.